The minimum Gasteiger partial charge on any atom is -0.307 e. The zero-order chi connectivity index (χ0) is 5.15. The molecule has 45 valence electrons. The molecule has 0 atom stereocenters. The van der Waals surface area contributed by atoms with E-state index < -0.39 is 0 Å². The van der Waals surface area contributed by atoms with Gasteiger partial charge in [0.2, 0.25) is 0 Å². The monoisotopic (exact) mass is 189 g/mol. The molecule has 0 fully saturated rings. The van der Waals surface area contributed by atoms with E-state index in [4.69, 9.17) is 0 Å². The largest absolute Gasteiger partial charge is 1.00 e. The van der Waals surface area contributed by atoms with Crippen molar-refractivity contribution in [2.45, 2.75) is 19.9 Å². The maximum atomic E-state index is 2.17. The number of nitrogens with zero attached hydrogens (tertiary/aromatic N) is 1. The molecule has 0 bridgehead atoms. The first-order valence-electron chi connectivity index (χ1n) is 2.31. The van der Waals surface area contributed by atoms with Gasteiger partial charge >= 0.3 is 19.5 Å². The van der Waals surface area contributed by atoms with Gasteiger partial charge in [0.1, 0.15) is 0 Å². The molecule has 0 spiro atoms. The van der Waals surface area contributed by atoms with Crippen molar-refractivity contribution in [2.24, 2.45) is 0 Å². The fourth-order valence-electron chi connectivity index (χ4n) is 0. The van der Waals surface area contributed by atoms with Crippen molar-refractivity contribution in [3.05, 3.63) is 0 Å². The quantitative estimate of drug-likeness (QED) is 0.554. The van der Waals surface area contributed by atoms with Crippen LogP contribution >= 0.6 is 0 Å². The Labute approximate surface area is 58.8 Å². The normalized spacial score (nSPS) is 9.43. The Morgan fingerprint density at radius 3 is 1.29 bits per heavy atom. The minimum absolute atomic E-state index is 0. The van der Waals surface area contributed by atoms with Crippen LogP contribution in [0.1, 0.15) is 13.8 Å². The molecule has 0 aromatic carbocycles. The fourth-order valence-corrected chi connectivity index (χ4v) is 0. The Morgan fingerprint density at radius 2 is 1.29 bits per heavy atom. The Bertz CT molecular complexity index is 29.1. The van der Waals surface area contributed by atoms with Gasteiger partial charge in [-0.3, -0.25) is 0 Å². The summed E-state index contributed by atoms with van der Waals surface area (Å²) in [6, 6.07) is 0.685. The van der Waals surface area contributed by atoms with Gasteiger partial charge in [0.25, 0.3) is 0 Å². The summed E-state index contributed by atoms with van der Waals surface area (Å²) in [5.74, 6) is 0. The number of rotatable bonds is 1. The van der Waals surface area contributed by atoms with Crippen molar-refractivity contribution in [3.63, 3.8) is 0 Å². The van der Waals surface area contributed by atoms with Gasteiger partial charge in [-0.2, -0.15) is 0 Å². The zero-order valence-corrected chi connectivity index (χ0v) is 7.12. The van der Waals surface area contributed by atoms with Gasteiger partial charge in [0, 0.05) is 6.04 Å². The predicted molar refractivity (Wildman–Crippen MR) is 28.8 cm³/mol. The van der Waals surface area contributed by atoms with Gasteiger partial charge in [-0.15, -0.1) is 0 Å². The number of hydrogen-bond acceptors (Lipinski definition) is 1. The van der Waals surface area contributed by atoms with Gasteiger partial charge < -0.3 is 4.90 Å². The summed E-state index contributed by atoms with van der Waals surface area (Å²) in [4.78, 5) is 2.17. The Balaban J connectivity index is 0. The molecule has 1 nitrogen and oxygen atoms in total. The second-order valence-electron chi connectivity index (χ2n) is 2.06. The molecule has 0 aliphatic heterocycles. The van der Waals surface area contributed by atoms with E-state index >= 15 is 0 Å². The number of hydrogen-bond donors (Lipinski definition) is 0. The Morgan fingerprint density at radius 1 is 1.14 bits per heavy atom. The van der Waals surface area contributed by atoms with Gasteiger partial charge in [0.15, 0.2) is 0 Å². The minimum atomic E-state index is 0. The second kappa shape index (κ2) is 4.74. The van der Waals surface area contributed by atoms with Crippen LogP contribution in [0.2, 0.25) is 0 Å². The van der Waals surface area contributed by atoms with E-state index in [1.807, 2.05) is 0 Å². The van der Waals surface area contributed by atoms with Crippen molar-refractivity contribution in [3.8, 4) is 0 Å². The SMILES string of the molecule is CC(C)N(C)C.[Ru+]. The molecule has 1 radical (unpaired) electrons. The topological polar surface area (TPSA) is 3.24 Å². The molecule has 0 rings (SSSR count). The molecule has 0 aliphatic rings. The third kappa shape index (κ3) is 6.58. The molecule has 0 N–H and O–H groups in total. The van der Waals surface area contributed by atoms with E-state index in [-0.39, 0.29) is 19.5 Å². The molecule has 0 heterocycles. The van der Waals surface area contributed by atoms with Crippen LogP contribution in [0.25, 0.3) is 0 Å². The molecule has 2 heteroatoms. The maximum absolute atomic E-state index is 2.17. The van der Waals surface area contributed by atoms with Crippen LogP contribution in [0.3, 0.4) is 0 Å². The molecular formula is C5H13NRu+. The first-order valence-corrected chi connectivity index (χ1v) is 2.31. The summed E-state index contributed by atoms with van der Waals surface area (Å²) in [7, 11) is 4.15. The zero-order valence-electron chi connectivity index (χ0n) is 5.38. The summed E-state index contributed by atoms with van der Waals surface area (Å²) in [5, 5.41) is 0. The van der Waals surface area contributed by atoms with Gasteiger partial charge in [-0.1, -0.05) is 0 Å². The van der Waals surface area contributed by atoms with Crippen LogP contribution in [0.4, 0.5) is 0 Å². The standard InChI is InChI=1S/C5H13N.Ru/c1-5(2)6(3)4;/h5H,1-4H3;/q;+1. The van der Waals surface area contributed by atoms with Gasteiger partial charge in [-0.05, 0) is 27.9 Å². The smallest absolute Gasteiger partial charge is 0.307 e. The van der Waals surface area contributed by atoms with Crippen LogP contribution < -0.4 is 0 Å². The Hall–Kier alpha value is 0.583. The van der Waals surface area contributed by atoms with Crippen molar-refractivity contribution in [1.29, 1.82) is 0 Å². The molecule has 0 saturated carbocycles. The molecule has 0 amide bonds. The summed E-state index contributed by atoms with van der Waals surface area (Å²) >= 11 is 0. The van der Waals surface area contributed by atoms with E-state index in [9.17, 15) is 0 Å². The molecular weight excluding hydrogens is 175 g/mol. The van der Waals surface area contributed by atoms with Crippen LogP contribution in [0, 0.1) is 0 Å². The van der Waals surface area contributed by atoms with E-state index in [2.05, 4.69) is 32.8 Å². The average molecular weight is 188 g/mol. The fraction of sp³-hybridized carbons (Fsp3) is 1.00. The van der Waals surface area contributed by atoms with Crippen LogP contribution in [-0.2, 0) is 19.5 Å². The van der Waals surface area contributed by atoms with E-state index in [1.54, 1.807) is 0 Å². The van der Waals surface area contributed by atoms with E-state index in [0.717, 1.165) is 0 Å². The van der Waals surface area contributed by atoms with E-state index in [0.29, 0.717) is 6.04 Å². The van der Waals surface area contributed by atoms with Crippen LogP contribution in [0.15, 0.2) is 0 Å². The van der Waals surface area contributed by atoms with Crippen molar-refractivity contribution in [2.75, 3.05) is 14.1 Å². The van der Waals surface area contributed by atoms with Crippen LogP contribution in [-0.4, -0.2) is 25.0 Å². The first-order chi connectivity index (χ1) is 2.64. The molecule has 0 unspecified atom stereocenters. The Kier molecular flexibility index (Phi) is 7.13. The van der Waals surface area contributed by atoms with E-state index in [1.165, 1.54) is 0 Å². The summed E-state index contributed by atoms with van der Waals surface area (Å²) < 4.78 is 0. The third-order valence-electron chi connectivity index (χ3n) is 1.03. The third-order valence-corrected chi connectivity index (χ3v) is 1.03. The second-order valence-corrected chi connectivity index (χ2v) is 2.06. The maximum Gasteiger partial charge on any atom is 1.00 e. The molecule has 0 aromatic rings. The molecule has 0 aliphatic carbocycles. The molecule has 0 aromatic heterocycles. The first kappa shape index (κ1) is 10.5. The molecule has 7 heavy (non-hydrogen) atoms. The van der Waals surface area contributed by atoms with Crippen molar-refractivity contribution < 1.29 is 19.5 Å². The average Bonchev–Trinajstić information content (AvgIpc) is 1.36. The predicted octanol–water partition coefficient (Wildman–Crippen LogP) is 0.954. The van der Waals surface area contributed by atoms with Crippen LogP contribution in [0.5, 0.6) is 0 Å². The summed E-state index contributed by atoms with van der Waals surface area (Å²) in [6.45, 7) is 4.33. The van der Waals surface area contributed by atoms with Gasteiger partial charge in [0.05, 0.1) is 0 Å². The van der Waals surface area contributed by atoms with Gasteiger partial charge in [-0.25, -0.2) is 0 Å². The van der Waals surface area contributed by atoms with Crippen molar-refractivity contribution in [1.82, 2.24) is 4.90 Å². The summed E-state index contributed by atoms with van der Waals surface area (Å²) in [5.41, 5.74) is 0. The van der Waals surface area contributed by atoms with Crippen molar-refractivity contribution >= 4 is 0 Å². The molecule has 0 saturated heterocycles. The summed E-state index contributed by atoms with van der Waals surface area (Å²) in [6.07, 6.45) is 0.